The number of aliphatic hydroxyl groups excluding tert-OH is 1. The molecule has 0 amide bonds. The summed E-state index contributed by atoms with van der Waals surface area (Å²) < 4.78 is 13.2. The number of hydrogen-bond donors (Lipinski definition) is 1. The van der Waals surface area contributed by atoms with Crippen LogP contribution in [0.1, 0.15) is 22.1 Å². The number of benzene rings is 1. The fourth-order valence-corrected chi connectivity index (χ4v) is 2.65. The van der Waals surface area contributed by atoms with Gasteiger partial charge in [-0.1, -0.05) is 17.7 Å². The van der Waals surface area contributed by atoms with Gasteiger partial charge in [-0.15, -0.1) is 11.3 Å². The molecule has 1 N–H and O–H groups in total. The molecule has 1 nitrogen and oxygen atoms in total. The van der Waals surface area contributed by atoms with E-state index in [1.165, 1.54) is 23.5 Å². The molecular weight excluding hydrogens is 247 g/mol. The minimum absolute atomic E-state index is 0.336. The van der Waals surface area contributed by atoms with Gasteiger partial charge < -0.3 is 5.11 Å². The van der Waals surface area contributed by atoms with Gasteiger partial charge in [-0.05, 0) is 36.2 Å². The zero-order chi connectivity index (χ0) is 11.7. The van der Waals surface area contributed by atoms with Gasteiger partial charge in [0.2, 0.25) is 0 Å². The minimum atomic E-state index is -0.813. The van der Waals surface area contributed by atoms with Crippen molar-refractivity contribution in [3.8, 4) is 0 Å². The van der Waals surface area contributed by atoms with Gasteiger partial charge in [-0.25, -0.2) is 4.39 Å². The fourth-order valence-electron chi connectivity index (χ4n) is 1.56. The summed E-state index contributed by atoms with van der Waals surface area (Å²) >= 11 is 7.14. The van der Waals surface area contributed by atoms with E-state index >= 15 is 0 Å². The lowest BCUT2D eigenvalue weighted by molar-refractivity contribution is 0.223. The van der Waals surface area contributed by atoms with Gasteiger partial charge >= 0.3 is 0 Å². The van der Waals surface area contributed by atoms with Gasteiger partial charge in [-0.3, -0.25) is 0 Å². The molecule has 1 aromatic heterocycles. The highest BCUT2D eigenvalue weighted by molar-refractivity contribution is 7.10. The number of hydrogen-bond acceptors (Lipinski definition) is 2. The molecule has 0 aliphatic rings. The van der Waals surface area contributed by atoms with Gasteiger partial charge in [0, 0.05) is 10.3 Å². The van der Waals surface area contributed by atoms with Crippen LogP contribution < -0.4 is 0 Å². The van der Waals surface area contributed by atoms with Crippen molar-refractivity contribution in [1.29, 1.82) is 0 Å². The van der Waals surface area contributed by atoms with Crippen molar-refractivity contribution in [3.05, 3.63) is 56.5 Å². The second kappa shape index (κ2) is 4.53. The van der Waals surface area contributed by atoms with E-state index in [0.717, 1.165) is 10.4 Å². The van der Waals surface area contributed by atoms with E-state index < -0.39 is 6.10 Å². The van der Waals surface area contributed by atoms with Crippen molar-refractivity contribution in [2.45, 2.75) is 13.0 Å². The van der Waals surface area contributed by atoms with Crippen LogP contribution >= 0.6 is 22.9 Å². The Morgan fingerprint density at radius 2 is 2.06 bits per heavy atom. The Kier molecular flexibility index (Phi) is 3.28. The molecule has 1 heterocycles. The maximum absolute atomic E-state index is 13.2. The molecule has 84 valence electrons. The first-order chi connectivity index (χ1) is 7.56. The Morgan fingerprint density at radius 1 is 1.31 bits per heavy atom. The summed E-state index contributed by atoms with van der Waals surface area (Å²) in [5.41, 5.74) is 1.34. The lowest BCUT2D eigenvalue weighted by atomic mass is 10.1. The summed E-state index contributed by atoms with van der Waals surface area (Å²) in [6.07, 6.45) is -0.813. The van der Waals surface area contributed by atoms with Crippen LogP contribution in [0.5, 0.6) is 0 Å². The van der Waals surface area contributed by atoms with Gasteiger partial charge in [0.25, 0.3) is 0 Å². The second-order valence-corrected chi connectivity index (χ2v) is 5.01. The lowest BCUT2D eigenvalue weighted by Gasteiger charge is -2.09. The predicted octanol–water partition coefficient (Wildman–Crippen LogP) is 3.93. The lowest BCUT2D eigenvalue weighted by Crippen LogP contribution is -1.98. The highest BCUT2D eigenvalue weighted by Crippen LogP contribution is 2.30. The Labute approximate surface area is 102 Å². The third-order valence-electron chi connectivity index (χ3n) is 2.24. The SMILES string of the molecule is Cc1cc(F)cc(C(O)c2cc(Cl)cs2)c1. The molecule has 1 unspecified atom stereocenters. The molecule has 2 aromatic rings. The largest absolute Gasteiger partial charge is 0.383 e. The van der Waals surface area contributed by atoms with E-state index in [0.29, 0.717) is 10.6 Å². The Hall–Kier alpha value is -0.900. The van der Waals surface area contributed by atoms with Gasteiger partial charge in [0.1, 0.15) is 11.9 Å². The molecule has 0 saturated carbocycles. The van der Waals surface area contributed by atoms with Crippen LogP contribution in [0.15, 0.2) is 29.6 Å². The van der Waals surface area contributed by atoms with Crippen molar-refractivity contribution in [3.63, 3.8) is 0 Å². The van der Waals surface area contributed by atoms with E-state index in [2.05, 4.69) is 0 Å². The first kappa shape index (κ1) is 11.6. The predicted molar refractivity (Wildman–Crippen MR) is 64.5 cm³/mol. The normalized spacial score (nSPS) is 12.8. The van der Waals surface area contributed by atoms with Crippen molar-refractivity contribution in [1.82, 2.24) is 0 Å². The molecule has 0 fully saturated rings. The topological polar surface area (TPSA) is 20.2 Å². The van der Waals surface area contributed by atoms with Crippen LogP contribution in [0.25, 0.3) is 0 Å². The standard InChI is InChI=1S/C12H10ClFOS/c1-7-2-8(4-10(14)3-7)12(15)11-5-9(13)6-16-11/h2-6,12,15H,1H3. The van der Waals surface area contributed by atoms with Gasteiger partial charge in [0.05, 0.1) is 5.02 Å². The molecule has 0 radical (unpaired) electrons. The summed E-state index contributed by atoms with van der Waals surface area (Å²) in [5.74, 6) is -0.336. The summed E-state index contributed by atoms with van der Waals surface area (Å²) in [6, 6.07) is 6.22. The third-order valence-corrected chi connectivity index (χ3v) is 3.57. The van der Waals surface area contributed by atoms with Crippen LogP contribution in [-0.4, -0.2) is 5.11 Å². The summed E-state index contributed by atoms with van der Waals surface area (Å²) in [6.45, 7) is 1.79. The molecule has 1 aromatic carbocycles. The van der Waals surface area contributed by atoms with E-state index in [9.17, 15) is 9.50 Å². The first-order valence-electron chi connectivity index (χ1n) is 4.75. The number of halogens is 2. The zero-order valence-electron chi connectivity index (χ0n) is 8.58. The Balaban J connectivity index is 2.37. The van der Waals surface area contributed by atoms with Crippen LogP contribution in [0.3, 0.4) is 0 Å². The van der Waals surface area contributed by atoms with Gasteiger partial charge in [-0.2, -0.15) is 0 Å². The van der Waals surface area contributed by atoms with Crippen molar-refractivity contribution in [2.24, 2.45) is 0 Å². The van der Waals surface area contributed by atoms with Gasteiger partial charge in [0.15, 0.2) is 0 Å². The zero-order valence-corrected chi connectivity index (χ0v) is 10.1. The number of rotatable bonds is 2. The van der Waals surface area contributed by atoms with Crippen molar-refractivity contribution in [2.75, 3.05) is 0 Å². The number of thiophene rings is 1. The molecule has 4 heteroatoms. The quantitative estimate of drug-likeness (QED) is 0.863. The second-order valence-electron chi connectivity index (χ2n) is 3.63. The van der Waals surface area contributed by atoms with E-state index in [4.69, 9.17) is 11.6 Å². The Morgan fingerprint density at radius 3 is 2.62 bits per heavy atom. The molecule has 2 rings (SSSR count). The number of aliphatic hydroxyl groups is 1. The summed E-state index contributed by atoms with van der Waals surface area (Å²) in [5, 5.41) is 12.4. The minimum Gasteiger partial charge on any atom is -0.383 e. The molecular formula is C12H10ClFOS. The van der Waals surface area contributed by atoms with Crippen LogP contribution in [0, 0.1) is 12.7 Å². The molecule has 16 heavy (non-hydrogen) atoms. The number of aryl methyl sites for hydroxylation is 1. The summed E-state index contributed by atoms with van der Waals surface area (Å²) in [4.78, 5) is 0.718. The average molecular weight is 257 g/mol. The highest BCUT2D eigenvalue weighted by Gasteiger charge is 2.13. The van der Waals surface area contributed by atoms with Crippen LogP contribution in [0.4, 0.5) is 4.39 Å². The van der Waals surface area contributed by atoms with E-state index in [1.54, 1.807) is 24.4 Å². The Bertz CT molecular complexity index is 489. The smallest absolute Gasteiger partial charge is 0.123 e. The van der Waals surface area contributed by atoms with E-state index in [1.807, 2.05) is 0 Å². The molecule has 0 aliphatic carbocycles. The first-order valence-corrected chi connectivity index (χ1v) is 6.01. The van der Waals surface area contributed by atoms with E-state index in [-0.39, 0.29) is 5.82 Å². The maximum Gasteiger partial charge on any atom is 0.123 e. The third kappa shape index (κ3) is 2.43. The maximum atomic E-state index is 13.2. The molecule has 0 aliphatic heterocycles. The molecule has 1 atom stereocenters. The van der Waals surface area contributed by atoms with Crippen LogP contribution in [0.2, 0.25) is 5.02 Å². The molecule has 0 spiro atoms. The average Bonchev–Trinajstić information content (AvgIpc) is 2.62. The fraction of sp³-hybridized carbons (Fsp3) is 0.167. The summed E-state index contributed by atoms with van der Waals surface area (Å²) in [7, 11) is 0. The highest BCUT2D eigenvalue weighted by atomic mass is 35.5. The van der Waals surface area contributed by atoms with Crippen molar-refractivity contribution >= 4 is 22.9 Å². The van der Waals surface area contributed by atoms with Crippen LogP contribution in [-0.2, 0) is 0 Å². The van der Waals surface area contributed by atoms with Crippen molar-refractivity contribution < 1.29 is 9.50 Å². The molecule has 0 bridgehead atoms. The molecule has 0 saturated heterocycles. The monoisotopic (exact) mass is 256 g/mol.